The first kappa shape index (κ1) is 22.8. The van der Waals surface area contributed by atoms with Gasteiger partial charge in [-0.3, -0.25) is 18.9 Å². The van der Waals surface area contributed by atoms with Crippen molar-refractivity contribution in [1.82, 2.24) is 24.1 Å². The summed E-state index contributed by atoms with van der Waals surface area (Å²) in [6.45, 7) is 4.18. The SMILES string of the molecule is Cc1nc2c(C3CCC(F)(F)CC3)nc([C@H]3CCO[C@@H](c4cnn(C5CC5)c4)C3)cn2c(=O)c1C. The fourth-order valence-corrected chi connectivity index (χ4v) is 5.52. The standard InChI is InChI=1S/C26H31F2N5O2/c1-15-16(2)30-24-23(17-5-8-26(27,28)9-6-17)31-21(14-32(24)25(15)34)18-7-10-35-22(11-18)19-12-29-33(13-19)20-3-4-20/h12-14,17-18,20,22H,3-11H2,1-2H3/t18-,22+/m0/s1. The van der Waals surface area contributed by atoms with Crippen LogP contribution in [0.15, 0.2) is 23.4 Å². The Balaban J connectivity index is 1.37. The normalized spacial score (nSPS) is 25.3. The number of fused-ring (bicyclic) bond motifs is 1. The van der Waals surface area contributed by atoms with Crippen LogP contribution >= 0.6 is 0 Å². The largest absolute Gasteiger partial charge is 0.373 e. The number of aromatic nitrogens is 5. The second-order valence-corrected chi connectivity index (χ2v) is 10.6. The highest BCUT2D eigenvalue weighted by Gasteiger charge is 2.37. The second kappa shape index (κ2) is 8.47. The van der Waals surface area contributed by atoms with Crippen molar-refractivity contribution in [3.8, 4) is 0 Å². The molecule has 1 saturated heterocycles. The molecule has 186 valence electrons. The summed E-state index contributed by atoms with van der Waals surface area (Å²) in [5.41, 5.74) is 4.22. The first-order valence-electron chi connectivity index (χ1n) is 12.7. The first-order valence-corrected chi connectivity index (χ1v) is 12.7. The lowest BCUT2D eigenvalue weighted by Gasteiger charge is -2.31. The van der Waals surface area contributed by atoms with E-state index in [0.717, 1.165) is 24.1 Å². The molecule has 3 aromatic rings. The Labute approximate surface area is 202 Å². The number of alkyl halides is 2. The van der Waals surface area contributed by atoms with Gasteiger partial charge in [-0.1, -0.05) is 0 Å². The predicted molar refractivity (Wildman–Crippen MR) is 126 cm³/mol. The molecule has 0 N–H and O–H groups in total. The Morgan fingerprint density at radius 1 is 1.03 bits per heavy atom. The topological polar surface area (TPSA) is 74.3 Å². The van der Waals surface area contributed by atoms with Gasteiger partial charge < -0.3 is 4.74 Å². The Bertz CT molecular complexity index is 1320. The molecule has 0 amide bonds. The molecule has 0 unspecified atom stereocenters. The number of nitrogens with zero attached hydrogens (tertiary/aromatic N) is 5. The number of rotatable bonds is 4. The van der Waals surface area contributed by atoms with E-state index in [0.29, 0.717) is 48.1 Å². The molecule has 35 heavy (non-hydrogen) atoms. The molecule has 2 saturated carbocycles. The predicted octanol–water partition coefficient (Wildman–Crippen LogP) is 5.17. The highest BCUT2D eigenvalue weighted by atomic mass is 19.3. The first-order chi connectivity index (χ1) is 16.8. The van der Waals surface area contributed by atoms with E-state index in [-0.39, 0.29) is 36.3 Å². The summed E-state index contributed by atoms with van der Waals surface area (Å²) in [6, 6.07) is 0.516. The van der Waals surface area contributed by atoms with Gasteiger partial charge in [-0.05, 0) is 52.4 Å². The van der Waals surface area contributed by atoms with Crippen LogP contribution in [0.2, 0.25) is 0 Å². The summed E-state index contributed by atoms with van der Waals surface area (Å²) in [6.07, 6.45) is 9.98. The lowest BCUT2D eigenvalue weighted by Crippen LogP contribution is -2.28. The van der Waals surface area contributed by atoms with E-state index < -0.39 is 5.92 Å². The number of aryl methyl sites for hydroxylation is 1. The van der Waals surface area contributed by atoms with Gasteiger partial charge in [0.15, 0.2) is 5.65 Å². The van der Waals surface area contributed by atoms with E-state index in [4.69, 9.17) is 14.7 Å². The minimum Gasteiger partial charge on any atom is -0.373 e. The summed E-state index contributed by atoms with van der Waals surface area (Å²) in [4.78, 5) is 23.0. The van der Waals surface area contributed by atoms with Gasteiger partial charge >= 0.3 is 0 Å². The van der Waals surface area contributed by atoms with Gasteiger partial charge in [0.2, 0.25) is 5.92 Å². The molecule has 9 heteroatoms. The monoisotopic (exact) mass is 483 g/mol. The molecule has 3 fully saturated rings. The zero-order valence-electron chi connectivity index (χ0n) is 20.2. The van der Waals surface area contributed by atoms with Crippen LogP contribution in [-0.4, -0.2) is 36.7 Å². The smallest absolute Gasteiger partial charge is 0.261 e. The minimum atomic E-state index is -2.63. The Morgan fingerprint density at radius 3 is 2.54 bits per heavy atom. The highest BCUT2D eigenvalue weighted by Crippen LogP contribution is 2.43. The van der Waals surface area contributed by atoms with Gasteiger partial charge in [-0.15, -0.1) is 0 Å². The molecule has 0 radical (unpaired) electrons. The molecule has 1 aliphatic heterocycles. The summed E-state index contributed by atoms with van der Waals surface area (Å²) in [5, 5.41) is 4.51. The molecule has 2 atom stereocenters. The lowest BCUT2D eigenvalue weighted by atomic mass is 9.84. The van der Waals surface area contributed by atoms with Crippen molar-refractivity contribution < 1.29 is 13.5 Å². The average molecular weight is 484 g/mol. The maximum atomic E-state index is 13.9. The maximum absolute atomic E-state index is 13.9. The van der Waals surface area contributed by atoms with Gasteiger partial charge in [0, 0.05) is 60.5 Å². The second-order valence-electron chi connectivity index (χ2n) is 10.6. The van der Waals surface area contributed by atoms with Gasteiger partial charge in [-0.25, -0.2) is 13.8 Å². The van der Waals surface area contributed by atoms with E-state index in [1.54, 1.807) is 11.3 Å². The van der Waals surface area contributed by atoms with Crippen LogP contribution < -0.4 is 5.56 Å². The Morgan fingerprint density at radius 2 is 1.80 bits per heavy atom. The van der Waals surface area contributed by atoms with Crippen LogP contribution in [0.3, 0.4) is 0 Å². The van der Waals surface area contributed by atoms with E-state index >= 15 is 0 Å². The number of hydrogen-bond donors (Lipinski definition) is 0. The minimum absolute atomic E-state index is 0.0785. The molecule has 0 bridgehead atoms. The molecule has 2 aliphatic carbocycles. The molecule has 0 spiro atoms. The molecule has 0 aromatic carbocycles. The molecule has 4 heterocycles. The third-order valence-corrected chi connectivity index (χ3v) is 8.04. The summed E-state index contributed by atoms with van der Waals surface area (Å²) >= 11 is 0. The number of halogens is 2. The van der Waals surface area contributed by atoms with Crippen LogP contribution in [0.25, 0.3) is 5.65 Å². The van der Waals surface area contributed by atoms with E-state index in [1.807, 2.05) is 24.0 Å². The van der Waals surface area contributed by atoms with Crippen molar-refractivity contribution >= 4 is 5.65 Å². The van der Waals surface area contributed by atoms with Crippen LogP contribution in [0.5, 0.6) is 0 Å². The fraction of sp³-hybridized carbons (Fsp3) is 0.615. The zero-order chi connectivity index (χ0) is 24.3. The molecular formula is C26H31F2N5O2. The van der Waals surface area contributed by atoms with Crippen molar-refractivity contribution in [1.29, 1.82) is 0 Å². The van der Waals surface area contributed by atoms with Crippen molar-refractivity contribution in [2.24, 2.45) is 0 Å². The number of ether oxygens (including phenoxy) is 1. The van der Waals surface area contributed by atoms with Crippen LogP contribution in [0.1, 0.15) is 104 Å². The molecule has 3 aliphatic rings. The van der Waals surface area contributed by atoms with E-state index in [1.165, 1.54) is 12.8 Å². The van der Waals surface area contributed by atoms with Crippen molar-refractivity contribution in [2.75, 3.05) is 6.61 Å². The highest BCUT2D eigenvalue weighted by molar-refractivity contribution is 5.48. The molecule has 6 rings (SSSR count). The molecule has 7 nitrogen and oxygen atoms in total. The number of hydrogen-bond acceptors (Lipinski definition) is 5. The van der Waals surface area contributed by atoms with Crippen molar-refractivity contribution in [3.05, 3.63) is 57.2 Å². The van der Waals surface area contributed by atoms with Gasteiger partial charge in [-0.2, -0.15) is 5.10 Å². The maximum Gasteiger partial charge on any atom is 0.261 e. The van der Waals surface area contributed by atoms with Crippen LogP contribution in [0, 0.1) is 13.8 Å². The van der Waals surface area contributed by atoms with Crippen molar-refractivity contribution in [2.45, 2.75) is 95.1 Å². The summed E-state index contributed by atoms with van der Waals surface area (Å²) in [7, 11) is 0. The van der Waals surface area contributed by atoms with Gasteiger partial charge in [0.1, 0.15) is 0 Å². The lowest BCUT2D eigenvalue weighted by molar-refractivity contribution is -0.0384. The molecule has 3 aromatic heterocycles. The quantitative estimate of drug-likeness (QED) is 0.512. The third-order valence-electron chi connectivity index (χ3n) is 8.04. The Hall–Kier alpha value is -2.68. The summed E-state index contributed by atoms with van der Waals surface area (Å²) in [5.74, 6) is -2.66. The van der Waals surface area contributed by atoms with Crippen molar-refractivity contribution in [3.63, 3.8) is 0 Å². The van der Waals surface area contributed by atoms with Crippen LogP contribution in [0.4, 0.5) is 8.78 Å². The van der Waals surface area contributed by atoms with E-state index in [2.05, 4.69) is 11.3 Å². The van der Waals surface area contributed by atoms with Gasteiger partial charge in [0.25, 0.3) is 5.56 Å². The zero-order valence-corrected chi connectivity index (χ0v) is 20.2. The third kappa shape index (κ3) is 4.28. The van der Waals surface area contributed by atoms with Crippen LogP contribution in [-0.2, 0) is 4.74 Å². The fourth-order valence-electron chi connectivity index (χ4n) is 5.52. The van der Waals surface area contributed by atoms with Gasteiger partial charge in [0.05, 0.1) is 29.7 Å². The Kier molecular flexibility index (Phi) is 5.51. The average Bonchev–Trinajstić information content (AvgIpc) is 3.59. The summed E-state index contributed by atoms with van der Waals surface area (Å²) < 4.78 is 37.5. The molecular weight excluding hydrogens is 452 g/mol. The van der Waals surface area contributed by atoms with E-state index in [9.17, 15) is 13.6 Å².